The van der Waals surface area contributed by atoms with Crippen molar-refractivity contribution in [2.24, 2.45) is 10.9 Å². The summed E-state index contributed by atoms with van der Waals surface area (Å²) < 4.78 is 55.9. The zero-order valence-electron chi connectivity index (χ0n) is 30.0. The van der Waals surface area contributed by atoms with Gasteiger partial charge in [-0.2, -0.15) is 13.2 Å². The van der Waals surface area contributed by atoms with Crippen LogP contribution in [0.5, 0.6) is 0 Å². The number of aliphatic imine (C=N–C) groups is 1. The number of alkyl halides is 3. The fourth-order valence-electron chi connectivity index (χ4n) is 5.42. The van der Waals surface area contributed by atoms with Crippen molar-refractivity contribution in [3.8, 4) is 0 Å². The van der Waals surface area contributed by atoms with E-state index in [1.807, 2.05) is 38.1 Å². The maximum Gasteiger partial charge on any atom is 0.389 e. The number of unbranched alkanes of at least 4 members (excludes halogenated alkanes) is 2. The molecule has 0 aromatic heterocycles. The predicted molar refractivity (Wildman–Crippen MR) is 200 cm³/mol. The first-order valence-electron chi connectivity index (χ1n) is 17.6. The predicted octanol–water partition coefficient (Wildman–Crippen LogP) is 10.6. The third-order valence-corrected chi connectivity index (χ3v) is 9.33. The molecular weight excluding hydrogens is 647 g/mol. The van der Waals surface area contributed by atoms with Gasteiger partial charge in [-0.3, -0.25) is 4.99 Å². The Balaban J connectivity index is 2.01. The van der Waals surface area contributed by atoms with Crippen LogP contribution >= 0.6 is 11.8 Å². The van der Waals surface area contributed by atoms with Crippen molar-refractivity contribution in [2.45, 2.75) is 110 Å². The number of thioether (sulfide) groups is 1. The summed E-state index contributed by atoms with van der Waals surface area (Å²) in [6, 6.07) is 13.3. The number of anilines is 1. The van der Waals surface area contributed by atoms with E-state index in [4.69, 9.17) is 4.99 Å². The van der Waals surface area contributed by atoms with Crippen molar-refractivity contribution >= 4 is 29.0 Å². The third kappa shape index (κ3) is 14.6. The molecule has 5 nitrogen and oxygen atoms in total. The highest BCUT2D eigenvalue weighted by molar-refractivity contribution is 7.99. The van der Waals surface area contributed by atoms with Crippen molar-refractivity contribution in [3.63, 3.8) is 0 Å². The number of benzene rings is 2. The second-order valence-electron chi connectivity index (χ2n) is 13.3. The molecule has 4 heterocycles. The van der Waals surface area contributed by atoms with Crippen molar-refractivity contribution in [2.75, 3.05) is 24.2 Å². The van der Waals surface area contributed by atoms with E-state index < -0.39 is 18.5 Å². The van der Waals surface area contributed by atoms with Crippen LogP contribution in [-0.2, 0) is 6.54 Å². The van der Waals surface area contributed by atoms with E-state index in [0.29, 0.717) is 34.8 Å². The molecule has 1 atom stereocenters. The molecule has 4 N–H and O–H groups in total. The number of halogens is 4. The number of allylic oxidation sites excluding steroid dienone is 4. The third-order valence-electron chi connectivity index (χ3n) is 8.19. The Morgan fingerprint density at radius 1 is 1.06 bits per heavy atom. The number of hydrogen-bond acceptors (Lipinski definition) is 6. The van der Waals surface area contributed by atoms with E-state index in [1.165, 1.54) is 17.8 Å². The lowest BCUT2D eigenvalue weighted by Crippen LogP contribution is -2.47. The first kappa shape index (κ1) is 40.2. The van der Waals surface area contributed by atoms with Crippen LogP contribution in [0, 0.1) is 11.7 Å². The van der Waals surface area contributed by atoms with Crippen LogP contribution in [0.15, 0.2) is 82.0 Å². The van der Waals surface area contributed by atoms with Crippen molar-refractivity contribution in [1.82, 2.24) is 16.0 Å². The van der Waals surface area contributed by atoms with Gasteiger partial charge in [-0.05, 0) is 100 Å². The highest BCUT2D eigenvalue weighted by Gasteiger charge is 2.33. The highest BCUT2D eigenvalue weighted by Crippen LogP contribution is 2.31. The summed E-state index contributed by atoms with van der Waals surface area (Å²) >= 11 is 1.49. The van der Waals surface area contributed by atoms with Crippen LogP contribution in [0.3, 0.4) is 0 Å². The molecule has 0 amide bonds. The van der Waals surface area contributed by atoms with E-state index in [1.54, 1.807) is 19.1 Å². The summed E-state index contributed by atoms with van der Waals surface area (Å²) in [4.78, 5) is 5.35. The van der Waals surface area contributed by atoms with Gasteiger partial charge in [0.2, 0.25) is 0 Å². The van der Waals surface area contributed by atoms with Gasteiger partial charge in [0.05, 0.1) is 13.0 Å². The van der Waals surface area contributed by atoms with Crippen LogP contribution < -0.4 is 21.3 Å². The maximum absolute atomic E-state index is 15.2. The molecular formula is C39H55F4N5S. The zero-order valence-corrected chi connectivity index (χ0v) is 30.8. The molecule has 10 heteroatoms. The molecule has 0 spiro atoms. The average Bonchev–Trinajstić information content (AvgIpc) is 3.04. The van der Waals surface area contributed by atoms with E-state index in [2.05, 4.69) is 60.2 Å². The molecule has 1 unspecified atom stereocenters. The van der Waals surface area contributed by atoms with Crippen LogP contribution in [0.4, 0.5) is 23.2 Å². The fraction of sp³-hybridized carbons (Fsp3) is 0.513. The van der Waals surface area contributed by atoms with Gasteiger partial charge in [0.1, 0.15) is 11.7 Å². The summed E-state index contributed by atoms with van der Waals surface area (Å²) in [6.45, 7) is 13.9. The lowest BCUT2D eigenvalue weighted by molar-refractivity contribution is -0.142. The molecule has 4 aliphatic rings. The SMILES string of the molecule is CCC/C=C1\NCC(C)(C)NCCCSc2ccc(cc2F)CN=C(N/C(=C/CCC)C(CC)CC(F)(F)F)/C=C(\C)Nc2ccc1cc2. The number of hydrogen-bond donors (Lipinski definition) is 4. The lowest BCUT2D eigenvalue weighted by atomic mass is 9.96. The van der Waals surface area contributed by atoms with Gasteiger partial charge in [-0.1, -0.05) is 64.0 Å². The van der Waals surface area contributed by atoms with Gasteiger partial charge in [-0.15, -0.1) is 11.8 Å². The van der Waals surface area contributed by atoms with Crippen LogP contribution in [-0.4, -0.2) is 36.4 Å². The van der Waals surface area contributed by atoms with Crippen molar-refractivity contribution in [1.29, 1.82) is 0 Å². The molecule has 270 valence electrons. The molecule has 0 fully saturated rings. The van der Waals surface area contributed by atoms with E-state index >= 15 is 4.39 Å². The summed E-state index contributed by atoms with van der Waals surface area (Å²) in [5, 5.41) is 14.0. The molecule has 4 aliphatic heterocycles. The first-order valence-corrected chi connectivity index (χ1v) is 18.5. The Labute approximate surface area is 295 Å². The van der Waals surface area contributed by atoms with Crippen LogP contribution in [0.25, 0.3) is 5.70 Å². The molecule has 0 saturated heterocycles. The minimum absolute atomic E-state index is 0.150. The highest BCUT2D eigenvalue weighted by atomic mass is 32.2. The quantitative estimate of drug-likeness (QED) is 0.207. The summed E-state index contributed by atoms with van der Waals surface area (Å²) in [5.74, 6) is 0.143. The average molecular weight is 702 g/mol. The van der Waals surface area contributed by atoms with Gasteiger partial charge in [-0.25, -0.2) is 4.39 Å². The van der Waals surface area contributed by atoms with Gasteiger partial charge in [0.15, 0.2) is 0 Å². The van der Waals surface area contributed by atoms with Gasteiger partial charge >= 0.3 is 6.18 Å². The Morgan fingerprint density at radius 2 is 1.80 bits per heavy atom. The monoisotopic (exact) mass is 701 g/mol. The molecule has 0 saturated carbocycles. The van der Waals surface area contributed by atoms with Crippen molar-refractivity contribution < 1.29 is 17.6 Å². The number of nitrogens with zero attached hydrogens (tertiary/aromatic N) is 1. The summed E-state index contributed by atoms with van der Waals surface area (Å²) in [7, 11) is 0. The van der Waals surface area contributed by atoms with Crippen LogP contribution in [0.1, 0.15) is 97.6 Å². The Hall–Kier alpha value is -3.24. The van der Waals surface area contributed by atoms with Crippen LogP contribution in [0.2, 0.25) is 0 Å². The Bertz CT molecular complexity index is 1440. The molecule has 6 rings (SSSR count). The normalized spacial score (nSPS) is 19.4. The smallest absolute Gasteiger partial charge is 0.383 e. The molecule has 0 aliphatic carbocycles. The molecule has 2 aromatic rings. The summed E-state index contributed by atoms with van der Waals surface area (Å²) in [5.41, 5.74) is 4.82. The van der Waals surface area contributed by atoms with Gasteiger partial charge in [0.25, 0.3) is 0 Å². The molecule has 0 radical (unpaired) electrons. The first-order chi connectivity index (χ1) is 23.3. The van der Waals surface area contributed by atoms with Gasteiger partial charge in [0, 0.05) is 45.7 Å². The second-order valence-corrected chi connectivity index (χ2v) is 14.4. The Kier molecular flexibility index (Phi) is 16.3. The topological polar surface area (TPSA) is 60.5 Å². The molecule has 2 aromatic carbocycles. The van der Waals surface area contributed by atoms with Crippen molar-refractivity contribution in [3.05, 3.63) is 89.0 Å². The van der Waals surface area contributed by atoms with E-state index in [-0.39, 0.29) is 17.9 Å². The molecule has 49 heavy (non-hydrogen) atoms. The van der Waals surface area contributed by atoms with E-state index in [0.717, 1.165) is 67.2 Å². The minimum atomic E-state index is -4.30. The largest absolute Gasteiger partial charge is 0.389 e. The fourth-order valence-corrected chi connectivity index (χ4v) is 6.29. The maximum atomic E-state index is 15.2. The summed E-state index contributed by atoms with van der Waals surface area (Å²) in [6.07, 6.45) is 5.31. The number of rotatable bonds is 8. The minimum Gasteiger partial charge on any atom is -0.383 e. The Morgan fingerprint density at radius 3 is 2.45 bits per heavy atom. The zero-order chi connectivity index (χ0) is 35.9. The molecule has 4 bridgehead atoms. The standard InChI is InChI=1S/C39H55F4N5S/c1-7-10-13-34-31-16-18-32(19-17-31)47-28(4)23-37(48-35(14-11-8-2)30(9-3)25-39(41,42)43)44-26-29-15-20-36(33(40)24-29)49-22-12-21-46-38(5,6)27-45-34/h13-20,23-24,30,45-47H,7-12,21-22,25-27H2,1-6H3,(H,44,48)/b28-23+,34-13-,35-14+. The van der Waals surface area contributed by atoms with E-state index in [9.17, 15) is 13.2 Å². The van der Waals surface area contributed by atoms with Gasteiger partial charge < -0.3 is 21.3 Å². The number of amidine groups is 1. The number of nitrogens with one attached hydrogen (secondary N) is 4. The second kappa shape index (κ2) is 19.8. The lowest BCUT2D eigenvalue weighted by Gasteiger charge is -2.28.